The van der Waals surface area contributed by atoms with E-state index in [2.05, 4.69) is 4.90 Å². The van der Waals surface area contributed by atoms with Gasteiger partial charge >= 0.3 is 0 Å². The molecule has 3 unspecified atom stereocenters. The second kappa shape index (κ2) is 6.46. The highest BCUT2D eigenvalue weighted by molar-refractivity contribution is 5.79. The Bertz CT molecular complexity index is 336. The minimum Gasteiger partial charge on any atom is -0.342 e. The molecule has 2 aliphatic carbocycles. The number of nitrogens with zero attached hydrogens (tertiary/aromatic N) is 1. The number of hydrogen-bond donors (Lipinski definition) is 1. The average molecular weight is 278 g/mol. The molecule has 2 saturated carbocycles. The van der Waals surface area contributed by atoms with Gasteiger partial charge in [0, 0.05) is 25.0 Å². The summed E-state index contributed by atoms with van der Waals surface area (Å²) >= 11 is 0. The summed E-state index contributed by atoms with van der Waals surface area (Å²) in [5, 5.41) is 0. The van der Waals surface area contributed by atoms with Crippen LogP contribution in [0.4, 0.5) is 0 Å². The van der Waals surface area contributed by atoms with Crippen LogP contribution in [-0.2, 0) is 4.79 Å². The zero-order valence-electron chi connectivity index (χ0n) is 12.7. The minimum absolute atomic E-state index is 0.312. The van der Waals surface area contributed by atoms with Gasteiger partial charge < -0.3 is 10.6 Å². The van der Waals surface area contributed by atoms with Crippen molar-refractivity contribution in [1.29, 1.82) is 0 Å². The Kier molecular flexibility index (Phi) is 4.65. The molecule has 2 N–H and O–H groups in total. The quantitative estimate of drug-likeness (QED) is 0.801. The molecule has 3 rings (SSSR count). The predicted molar refractivity (Wildman–Crippen MR) is 81.2 cm³/mol. The molecule has 3 heteroatoms. The van der Waals surface area contributed by atoms with Gasteiger partial charge in [-0.15, -0.1) is 0 Å². The lowest BCUT2D eigenvalue weighted by atomic mass is 9.78. The number of carbonyl (C=O) groups is 1. The van der Waals surface area contributed by atoms with Crippen molar-refractivity contribution in [2.75, 3.05) is 13.1 Å². The summed E-state index contributed by atoms with van der Waals surface area (Å²) in [6.45, 7) is 1.94. The molecular formula is C17H30N2O. The SMILES string of the molecule is NC1CCCC2CN(C(=O)C3CCCCCCC3)CC12. The lowest BCUT2D eigenvalue weighted by Gasteiger charge is -2.29. The summed E-state index contributed by atoms with van der Waals surface area (Å²) < 4.78 is 0. The predicted octanol–water partition coefficient (Wildman–Crippen LogP) is 2.93. The van der Waals surface area contributed by atoms with E-state index in [9.17, 15) is 4.79 Å². The fourth-order valence-electron chi connectivity index (χ4n) is 4.66. The maximum absolute atomic E-state index is 12.8. The molecule has 114 valence electrons. The lowest BCUT2D eigenvalue weighted by molar-refractivity contribution is -0.135. The molecule has 3 aliphatic rings. The average Bonchev–Trinajstić information content (AvgIpc) is 2.83. The van der Waals surface area contributed by atoms with Gasteiger partial charge in [0.15, 0.2) is 0 Å². The van der Waals surface area contributed by atoms with E-state index >= 15 is 0 Å². The largest absolute Gasteiger partial charge is 0.342 e. The molecule has 1 aliphatic heterocycles. The Balaban J connectivity index is 1.59. The summed E-state index contributed by atoms with van der Waals surface area (Å²) in [4.78, 5) is 15.0. The van der Waals surface area contributed by atoms with Crippen molar-refractivity contribution in [1.82, 2.24) is 4.90 Å². The van der Waals surface area contributed by atoms with E-state index in [4.69, 9.17) is 5.73 Å². The lowest BCUT2D eigenvalue weighted by Crippen LogP contribution is -2.39. The highest BCUT2D eigenvalue weighted by Gasteiger charge is 2.41. The normalized spacial score (nSPS) is 36.2. The second-order valence-corrected chi connectivity index (χ2v) is 7.30. The van der Waals surface area contributed by atoms with E-state index in [1.165, 1.54) is 44.9 Å². The first-order valence-electron chi connectivity index (χ1n) is 8.80. The first kappa shape index (κ1) is 14.4. The van der Waals surface area contributed by atoms with Crippen LogP contribution in [0.25, 0.3) is 0 Å². The van der Waals surface area contributed by atoms with E-state index in [0.717, 1.165) is 32.4 Å². The van der Waals surface area contributed by atoms with Gasteiger partial charge in [-0.2, -0.15) is 0 Å². The molecule has 3 atom stereocenters. The molecule has 1 heterocycles. The standard InChI is InChI=1S/C17H30N2O/c18-16-10-6-9-14-11-19(12-15(14)16)17(20)13-7-4-2-1-3-5-8-13/h13-16H,1-12,18H2. The molecule has 20 heavy (non-hydrogen) atoms. The van der Waals surface area contributed by atoms with Crippen molar-refractivity contribution in [3.63, 3.8) is 0 Å². The first-order valence-corrected chi connectivity index (χ1v) is 8.80. The number of carbonyl (C=O) groups excluding carboxylic acids is 1. The fourth-order valence-corrected chi connectivity index (χ4v) is 4.66. The van der Waals surface area contributed by atoms with Crippen LogP contribution < -0.4 is 5.73 Å². The highest BCUT2D eigenvalue weighted by Crippen LogP contribution is 2.37. The molecule has 0 aromatic heterocycles. The third kappa shape index (κ3) is 3.03. The fraction of sp³-hybridized carbons (Fsp3) is 0.941. The van der Waals surface area contributed by atoms with Gasteiger partial charge in [0.25, 0.3) is 0 Å². The minimum atomic E-state index is 0.312. The van der Waals surface area contributed by atoms with Crippen molar-refractivity contribution in [2.45, 2.75) is 70.3 Å². The molecule has 1 amide bonds. The second-order valence-electron chi connectivity index (χ2n) is 7.30. The maximum Gasteiger partial charge on any atom is 0.225 e. The number of hydrogen-bond acceptors (Lipinski definition) is 2. The summed E-state index contributed by atoms with van der Waals surface area (Å²) in [5.74, 6) is 2.04. The third-order valence-corrected chi connectivity index (χ3v) is 5.92. The van der Waals surface area contributed by atoms with Crippen LogP contribution in [0.3, 0.4) is 0 Å². The monoisotopic (exact) mass is 278 g/mol. The van der Waals surface area contributed by atoms with Gasteiger partial charge in [0.05, 0.1) is 0 Å². The van der Waals surface area contributed by atoms with Crippen LogP contribution >= 0.6 is 0 Å². The first-order chi connectivity index (χ1) is 9.75. The summed E-state index contributed by atoms with van der Waals surface area (Å²) in [7, 11) is 0. The Morgan fingerprint density at radius 3 is 2.25 bits per heavy atom. The molecule has 0 radical (unpaired) electrons. The summed E-state index contributed by atoms with van der Waals surface area (Å²) in [6, 6.07) is 0.337. The van der Waals surface area contributed by atoms with E-state index in [-0.39, 0.29) is 0 Å². The highest BCUT2D eigenvalue weighted by atomic mass is 16.2. The zero-order chi connectivity index (χ0) is 13.9. The van der Waals surface area contributed by atoms with Crippen molar-refractivity contribution < 1.29 is 4.79 Å². The van der Waals surface area contributed by atoms with Crippen molar-refractivity contribution in [2.24, 2.45) is 23.5 Å². The Morgan fingerprint density at radius 1 is 0.850 bits per heavy atom. The zero-order valence-corrected chi connectivity index (χ0v) is 12.7. The number of likely N-dealkylation sites (tertiary alicyclic amines) is 1. The van der Waals surface area contributed by atoms with Gasteiger partial charge in [-0.3, -0.25) is 4.79 Å². The van der Waals surface area contributed by atoms with E-state index < -0.39 is 0 Å². The third-order valence-electron chi connectivity index (χ3n) is 5.92. The van der Waals surface area contributed by atoms with Crippen LogP contribution in [0.5, 0.6) is 0 Å². The topological polar surface area (TPSA) is 46.3 Å². The van der Waals surface area contributed by atoms with Crippen LogP contribution in [0.15, 0.2) is 0 Å². The molecular weight excluding hydrogens is 248 g/mol. The smallest absolute Gasteiger partial charge is 0.225 e. The van der Waals surface area contributed by atoms with Crippen molar-refractivity contribution in [3.05, 3.63) is 0 Å². The summed E-state index contributed by atoms with van der Waals surface area (Å²) in [6.07, 6.45) is 12.4. The van der Waals surface area contributed by atoms with Gasteiger partial charge in [-0.25, -0.2) is 0 Å². The molecule has 3 fully saturated rings. The van der Waals surface area contributed by atoms with E-state index in [0.29, 0.717) is 29.7 Å². The number of nitrogens with two attached hydrogens (primary N) is 1. The Hall–Kier alpha value is -0.570. The van der Waals surface area contributed by atoms with Gasteiger partial charge in [-0.05, 0) is 37.5 Å². The molecule has 0 aromatic rings. The van der Waals surface area contributed by atoms with Gasteiger partial charge in [-0.1, -0.05) is 38.5 Å². The number of rotatable bonds is 1. The Morgan fingerprint density at radius 2 is 1.55 bits per heavy atom. The van der Waals surface area contributed by atoms with Crippen LogP contribution in [0.1, 0.15) is 64.2 Å². The number of amides is 1. The number of fused-ring (bicyclic) bond motifs is 1. The molecule has 3 nitrogen and oxygen atoms in total. The summed E-state index contributed by atoms with van der Waals surface area (Å²) in [5.41, 5.74) is 6.27. The van der Waals surface area contributed by atoms with Crippen LogP contribution in [0, 0.1) is 17.8 Å². The van der Waals surface area contributed by atoms with Crippen LogP contribution in [-0.4, -0.2) is 29.9 Å². The maximum atomic E-state index is 12.8. The molecule has 1 saturated heterocycles. The molecule has 0 aromatic carbocycles. The van der Waals surface area contributed by atoms with E-state index in [1.807, 2.05) is 0 Å². The van der Waals surface area contributed by atoms with Gasteiger partial charge in [0.1, 0.15) is 0 Å². The van der Waals surface area contributed by atoms with Crippen LogP contribution in [0.2, 0.25) is 0 Å². The van der Waals surface area contributed by atoms with Crippen molar-refractivity contribution >= 4 is 5.91 Å². The van der Waals surface area contributed by atoms with Gasteiger partial charge in [0.2, 0.25) is 5.91 Å². The van der Waals surface area contributed by atoms with E-state index in [1.54, 1.807) is 0 Å². The Labute approximate surface area is 123 Å². The molecule has 0 bridgehead atoms. The van der Waals surface area contributed by atoms with Crippen molar-refractivity contribution in [3.8, 4) is 0 Å². The molecule has 0 spiro atoms.